The van der Waals surface area contributed by atoms with Gasteiger partial charge in [-0.15, -0.1) is 0 Å². The molecule has 0 radical (unpaired) electrons. The molecule has 0 amide bonds. The first-order valence-electron chi connectivity index (χ1n) is 10.2. The summed E-state index contributed by atoms with van der Waals surface area (Å²) in [5, 5.41) is 33.5. The standard InChI is InChI=1S/C23H21ClN4O5/c1-2-5-31-20-16(10-25)7-15(8-17(20)24)22-27-21(28-33-22)13-3-4-18-14(6-13)9-19(32-18)23(26,11-29)12-30/h3-4,6-9,29-30H,2,5,11-12,26H2,1H3. The summed E-state index contributed by atoms with van der Waals surface area (Å²) in [7, 11) is 0. The van der Waals surface area contributed by atoms with Crippen LogP contribution >= 0.6 is 11.6 Å². The summed E-state index contributed by atoms with van der Waals surface area (Å²) in [6.07, 6.45) is 0.782. The van der Waals surface area contributed by atoms with E-state index in [1.807, 2.05) is 6.92 Å². The van der Waals surface area contributed by atoms with E-state index in [1.165, 1.54) is 0 Å². The summed E-state index contributed by atoms with van der Waals surface area (Å²) >= 11 is 6.33. The van der Waals surface area contributed by atoms with Gasteiger partial charge in [-0.2, -0.15) is 10.2 Å². The van der Waals surface area contributed by atoms with Gasteiger partial charge in [-0.25, -0.2) is 0 Å². The number of ether oxygens (including phenoxy) is 1. The van der Waals surface area contributed by atoms with Gasteiger partial charge in [0.15, 0.2) is 5.75 Å². The number of halogens is 1. The Kier molecular flexibility index (Phi) is 6.35. The number of nitrogens with zero attached hydrogens (tertiary/aromatic N) is 3. The Morgan fingerprint density at radius 2 is 1.97 bits per heavy atom. The highest BCUT2D eigenvalue weighted by Gasteiger charge is 2.30. The van der Waals surface area contributed by atoms with E-state index in [1.54, 1.807) is 36.4 Å². The SMILES string of the molecule is CCCOc1c(Cl)cc(-c2nc(-c3ccc4oc(C(N)(CO)CO)cc4c3)no2)cc1C#N. The largest absolute Gasteiger partial charge is 0.491 e. The van der Waals surface area contributed by atoms with Gasteiger partial charge in [0.1, 0.15) is 23.0 Å². The summed E-state index contributed by atoms with van der Waals surface area (Å²) in [4.78, 5) is 4.43. The molecule has 0 atom stereocenters. The number of aliphatic hydroxyl groups excluding tert-OH is 2. The molecule has 0 aliphatic rings. The molecule has 0 fully saturated rings. The van der Waals surface area contributed by atoms with Gasteiger partial charge in [-0.05, 0) is 42.8 Å². The highest BCUT2D eigenvalue weighted by molar-refractivity contribution is 6.32. The average molecular weight is 469 g/mol. The number of benzene rings is 2. The van der Waals surface area contributed by atoms with E-state index in [2.05, 4.69) is 16.2 Å². The Hall–Kier alpha value is -3.42. The molecule has 9 nitrogen and oxygen atoms in total. The van der Waals surface area contributed by atoms with Crippen LogP contribution in [0.2, 0.25) is 5.02 Å². The van der Waals surface area contributed by atoms with Crippen molar-refractivity contribution in [2.75, 3.05) is 19.8 Å². The van der Waals surface area contributed by atoms with Crippen molar-refractivity contribution in [2.24, 2.45) is 5.73 Å². The summed E-state index contributed by atoms with van der Waals surface area (Å²) in [5.41, 5.74) is 6.55. The zero-order valence-corrected chi connectivity index (χ0v) is 18.5. The van der Waals surface area contributed by atoms with E-state index in [4.69, 9.17) is 31.0 Å². The molecular weight excluding hydrogens is 448 g/mol. The van der Waals surface area contributed by atoms with Crippen LogP contribution in [0.3, 0.4) is 0 Å². The molecule has 4 aromatic rings. The maximum Gasteiger partial charge on any atom is 0.258 e. The number of aliphatic hydroxyl groups is 2. The van der Waals surface area contributed by atoms with Crippen molar-refractivity contribution in [3.05, 3.63) is 52.7 Å². The maximum absolute atomic E-state index is 9.51. The molecule has 170 valence electrons. The Labute approximate surface area is 193 Å². The van der Waals surface area contributed by atoms with Crippen molar-refractivity contribution in [1.82, 2.24) is 10.1 Å². The number of nitriles is 1. The molecule has 4 rings (SSSR count). The quantitative estimate of drug-likeness (QED) is 0.352. The molecule has 2 heterocycles. The van der Waals surface area contributed by atoms with Gasteiger partial charge in [-0.1, -0.05) is 23.7 Å². The molecule has 0 unspecified atom stereocenters. The third kappa shape index (κ3) is 4.29. The van der Waals surface area contributed by atoms with E-state index in [-0.39, 0.29) is 22.2 Å². The van der Waals surface area contributed by atoms with E-state index in [9.17, 15) is 15.5 Å². The number of fused-ring (bicyclic) bond motifs is 1. The number of rotatable bonds is 8. The van der Waals surface area contributed by atoms with Gasteiger partial charge in [0.2, 0.25) is 5.82 Å². The van der Waals surface area contributed by atoms with Gasteiger partial charge in [-0.3, -0.25) is 0 Å². The van der Waals surface area contributed by atoms with Crippen LogP contribution in [0.25, 0.3) is 33.8 Å². The highest BCUT2D eigenvalue weighted by atomic mass is 35.5. The molecule has 0 saturated heterocycles. The molecule has 0 spiro atoms. The molecule has 0 aliphatic heterocycles. The fourth-order valence-electron chi connectivity index (χ4n) is 3.24. The average Bonchev–Trinajstić information content (AvgIpc) is 3.49. The van der Waals surface area contributed by atoms with Crippen LogP contribution in [-0.2, 0) is 5.54 Å². The molecule has 0 aliphatic carbocycles. The molecule has 33 heavy (non-hydrogen) atoms. The summed E-state index contributed by atoms with van der Waals surface area (Å²) in [5.74, 6) is 1.10. The minimum absolute atomic E-state index is 0.194. The molecule has 10 heteroatoms. The topological polar surface area (TPSA) is 152 Å². The van der Waals surface area contributed by atoms with Crippen molar-refractivity contribution in [3.63, 3.8) is 0 Å². The lowest BCUT2D eigenvalue weighted by atomic mass is 10.00. The Morgan fingerprint density at radius 3 is 2.67 bits per heavy atom. The van der Waals surface area contributed by atoms with Crippen molar-refractivity contribution in [3.8, 4) is 34.7 Å². The first-order valence-corrected chi connectivity index (χ1v) is 10.6. The second-order valence-corrected chi connectivity index (χ2v) is 7.96. The monoisotopic (exact) mass is 468 g/mol. The summed E-state index contributed by atoms with van der Waals surface area (Å²) < 4.78 is 16.7. The molecular formula is C23H21ClN4O5. The third-order valence-electron chi connectivity index (χ3n) is 5.12. The van der Waals surface area contributed by atoms with Crippen LogP contribution in [-0.4, -0.2) is 40.2 Å². The predicted octanol–water partition coefficient (Wildman–Crippen LogP) is 3.60. The molecule has 0 bridgehead atoms. The number of aromatic nitrogens is 2. The first kappa shape index (κ1) is 22.8. The zero-order valence-electron chi connectivity index (χ0n) is 17.7. The Bertz CT molecular complexity index is 1340. The normalized spacial score (nSPS) is 11.6. The van der Waals surface area contributed by atoms with Crippen LogP contribution in [0.5, 0.6) is 5.75 Å². The van der Waals surface area contributed by atoms with E-state index in [0.717, 1.165) is 6.42 Å². The highest BCUT2D eigenvalue weighted by Crippen LogP contribution is 2.35. The van der Waals surface area contributed by atoms with Gasteiger partial charge >= 0.3 is 0 Å². The number of hydrogen-bond donors (Lipinski definition) is 3. The van der Waals surface area contributed by atoms with Crippen LogP contribution in [0.15, 0.2) is 45.3 Å². The van der Waals surface area contributed by atoms with Crippen LogP contribution in [0.4, 0.5) is 0 Å². The second-order valence-electron chi connectivity index (χ2n) is 7.55. The summed E-state index contributed by atoms with van der Waals surface area (Å²) in [6.45, 7) is 1.46. The minimum atomic E-state index is -1.39. The number of furan rings is 1. The third-order valence-corrected chi connectivity index (χ3v) is 5.40. The summed E-state index contributed by atoms with van der Waals surface area (Å²) in [6, 6.07) is 12.2. The Morgan fingerprint density at radius 1 is 1.18 bits per heavy atom. The van der Waals surface area contributed by atoms with E-state index >= 15 is 0 Å². The van der Waals surface area contributed by atoms with Gasteiger partial charge in [0.25, 0.3) is 5.89 Å². The fourth-order valence-corrected chi connectivity index (χ4v) is 3.52. The smallest absolute Gasteiger partial charge is 0.258 e. The van der Waals surface area contributed by atoms with E-state index < -0.39 is 18.8 Å². The number of nitrogens with two attached hydrogens (primary N) is 1. The zero-order chi connectivity index (χ0) is 23.6. The molecule has 2 aromatic carbocycles. The molecule has 0 saturated carbocycles. The van der Waals surface area contributed by atoms with Gasteiger partial charge in [0.05, 0.1) is 30.4 Å². The lowest BCUT2D eigenvalue weighted by molar-refractivity contribution is 0.105. The van der Waals surface area contributed by atoms with Crippen LogP contribution in [0.1, 0.15) is 24.7 Å². The van der Waals surface area contributed by atoms with Crippen molar-refractivity contribution in [1.29, 1.82) is 5.26 Å². The Balaban J connectivity index is 1.67. The maximum atomic E-state index is 9.51. The molecule has 4 N–H and O–H groups in total. The second kappa shape index (κ2) is 9.21. The first-order chi connectivity index (χ1) is 15.9. The lowest BCUT2D eigenvalue weighted by Crippen LogP contribution is -2.43. The van der Waals surface area contributed by atoms with Crippen molar-refractivity contribution >= 4 is 22.6 Å². The minimum Gasteiger partial charge on any atom is -0.491 e. The van der Waals surface area contributed by atoms with Crippen molar-refractivity contribution < 1.29 is 23.9 Å². The van der Waals surface area contributed by atoms with E-state index in [0.29, 0.717) is 40.3 Å². The fraction of sp³-hybridized carbons (Fsp3) is 0.261. The molecule has 2 aromatic heterocycles. The van der Waals surface area contributed by atoms with Crippen molar-refractivity contribution in [2.45, 2.75) is 18.9 Å². The van der Waals surface area contributed by atoms with Crippen LogP contribution in [0, 0.1) is 11.3 Å². The predicted molar refractivity (Wildman–Crippen MR) is 120 cm³/mol. The van der Waals surface area contributed by atoms with Gasteiger partial charge < -0.3 is 29.6 Å². The lowest BCUT2D eigenvalue weighted by Gasteiger charge is -2.21. The number of hydrogen-bond acceptors (Lipinski definition) is 9. The van der Waals surface area contributed by atoms with Gasteiger partial charge in [0, 0.05) is 16.5 Å². The van der Waals surface area contributed by atoms with Crippen LogP contribution < -0.4 is 10.5 Å².